The van der Waals surface area contributed by atoms with Gasteiger partial charge in [-0.15, -0.1) is 0 Å². The average Bonchev–Trinajstić information content (AvgIpc) is 3.03. The highest BCUT2D eigenvalue weighted by molar-refractivity contribution is 5.89. The van der Waals surface area contributed by atoms with Gasteiger partial charge in [0.15, 0.2) is 0 Å². The number of carbonyl (C=O) groups is 1. The summed E-state index contributed by atoms with van der Waals surface area (Å²) in [5.41, 5.74) is 1.98. The second kappa shape index (κ2) is 6.29. The van der Waals surface area contributed by atoms with Gasteiger partial charge < -0.3 is 14.8 Å². The molecule has 1 fully saturated rings. The molecule has 3 heterocycles. The minimum absolute atomic E-state index is 0.0396. The number of piperidine rings is 1. The maximum Gasteiger partial charge on any atom is 0.236 e. The van der Waals surface area contributed by atoms with E-state index < -0.39 is 0 Å². The molecule has 0 bridgehead atoms. The predicted molar refractivity (Wildman–Crippen MR) is 88.9 cm³/mol. The first-order valence-electron chi connectivity index (χ1n) is 7.91. The normalized spacial score (nSPS) is 21.2. The zero-order valence-electron chi connectivity index (χ0n) is 13.5. The highest BCUT2D eigenvalue weighted by Gasteiger charge is 2.32. The van der Waals surface area contributed by atoms with Gasteiger partial charge in [0.05, 0.1) is 6.07 Å². The van der Waals surface area contributed by atoms with Crippen LogP contribution in [0.3, 0.4) is 0 Å². The standard InChI is InChI=1S/C17H21N5O/c1-12-6-10-22(16(23)3-7-18)11-15(12)21(2)14-5-9-20-17-13(14)4-8-19-17/h4-5,8-9,12,15H,3,6,10-11H2,1-2H3,(H,19,20)/t12-,15?/m1/s1. The topological polar surface area (TPSA) is 76.0 Å². The number of aromatic nitrogens is 2. The van der Waals surface area contributed by atoms with Crippen molar-refractivity contribution in [3.63, 3.8) is 0 Å². The van der Waals surface area contributed by atoms with Crippen molar-refractivity contribution in [1.29, 1.82) is 5.26 Å². The van der Waals surface area contributed by atoms with Crippen LogP contribution in [0.2, 0.25) is 0 Å². The van der Waals surface area contributed by atoms with Crippen molar-refractivity contribution < 1.29 is 4.79 Å². The van der Waals surface area contributed by atoms with Crippen LogP contribution in [-0.4, -0.2) is 47.0 Å². The van der Waals surface area contributed by atoms with E-state index in [1.807, 2.05) is 29.3 Å². The molecule has 0 spiro atoms. The molecule has 0 saturated carbocycles. The lowest BCUT2D eigenvalue weighted by Gasteiger charge is -2.42. The van der Waals surface area contributed by atoms with Crippen molar-refractivity contribution in [1.82, 2.24) is 14.9 Å². The Bertz CT molecular complexity index is 747. The molecule has 6 heteroatoms. The molecule has 1 amide bonds. The Morgan fingerprint density at radius 2 is 2.39 bits per heavy atom. The highest BCUT2D eigenvalue weighted by atomic mass is 16.2. The van der Waals surface area contributed by atoms with Crippen molar-refractivity contribution in [3.05, 3.63) is 24.5 Å². The third-order valence-corrected chi connectivity index (χ3v) is 4.82. The number of fused-ring (bicyclic) bond motifs is 1. The minimum Gasteiger partial charge on any atom is -0.369 e. The zero-order valence-corrected chi connectivity index (χ0v) is 13.5. The Labute approximate surface area is 135 Å². The molecule has 1 saturated heterocycles. The first kappa shape index (κ1) is 15.3. The van der Waals surface area contributed by atoms with Crippen LogP contribution in [0.5, 0.6) is 0 Å². The molecule has 120 valence electrons. The Hall–Kier alpha value is -2.55. The number of carbonyl (C=O) groups excluding carboxylic acids is 1. The Balaban J connectivity index is 1.85. The molecule has 2 aromatic rings. The van der Waals surface area contributed by atoms with Gasteiger partial charge in [-0.25, -0.2) is 4.98 Å². The smallest absolute Gasteiger partial charge is 0.236 e. The number of amides is 1. The van der Waals surface area contributed by atoms with Crippen LogP contribution in [0.1, 0.15) is 19.8 Å². The van der Waals surface area contributed by atoms with Gasteiger partial charge in [-0.2, -0.15) is 5.26 Å². The zero-order chi connectivity index (χ0) is 16.4. The fourth-order valence-corrected chi connectivity index (χ4v) is 3.39. The Morgan fingerprint density at radius 3 is 3.17 bits per heavy atom. The first-order chi connectivity index (χ1) is 11.1. The van der Waals surface area contributed by atoms with E-state index in [9.17, 15) is 4.79 Å². The molecular formula is C17H21N5O. The van der Waals surface area contributed by atoms with Gasteiger partial charge in [0, 0.05) is 49.6 Å². The molecule has 3 rings (SSSR count). The quantitative estimate of drug-likeness (QED) is 0.942. The van der Waals surface area contributed by atoms with E-state index in [2.05, 4.69) is 28.8 Å². The maximum absolute atomic E-state index is 12.1. The van der Waals surface area contributed by atoms with Crippen LogP contribution in [0, 0.1) is 17.2 Å². The third kappa shape index (κ3) is 2.87. The fraction of sp³-hybridized carbons (Fsp3) is 0.471. The van der Waals surface area contributed by atoms with Crippen LogP contribution in [-0.2, 0) is 4.79 Å². The highest BCUT2D eigenvalue weighted by Crippen LogP contribution is 2.30. The van der Waals surface area contributed by atoms with E-state index in [1.165, 1.54) is 0 Å². The Kier molecular flexibility index (Phi) is 4.20. The van der Waals surface area contributed by atoms with Gasteiger partial charge >= 0.3 is 0 Å². The molecule has 0 aromatic carbocycles. The summed E-state index contributed by atoms with van der Waals surface area (Å²) in [5, 5.41) is 9.83. The fourth-order valence-electron chi connectivity index (χ4n) is 3.39. The number of hydrogen-bond donors (Lipinski definition) is 1. The van der Waals surface area contributed by atoms with E-state index in [1.54, 1.807) is 6.20 Å². The lowest BCUT2D eigenvalue weighted by Crippen LogP contribution is -2.52. The summed E-state index contributed by atoms with van der Waals surface area (Å²) in [4.78, 5) is 23.6. The number of anilines is 1. The number of likely N-dealkylation sites (tertiary alicyclic amines) is 1. The van der Waals surface area contributed by atoms with Gasteiger partial charge in [-0.3, -0.25) is 4.79 Å². The van der Waals surface area contributed by atoms with Crippen LogP contribution in [0.4, 0.5) is 5.69 Å². The minimum atomic E-state index is -0.0701. The molecule has 2 aromatic heterocycles. The summed E-state index contributed by atoms with van der Waals surface area (Å²) in [6.07, 6.45) is 4.61. The van der Waals surface area contributed by atoms with Crippen LogP contribution >= 0.6 is 0 Å². The van der Waals surface area contributed by atoms with Crippen molar-refractivity contribution >= 4 is 22.6 Å². The number of pyridine rings is 1. The summed E-state index contributed by atoms with van der Waals surface area (Å²) in [6, 6.07) is 6.22. The Morgan fingerprint density at radius 1 is 1.57 bits per heavy atom. The van der Waals surface area contributed by atoms with Gasteiger partial charge in [0.2, 0.25) is 5.91 Å². The summed E-state index contributed by atoms with van der Waals surface area (Å²) < 4.78 is 0. The molecule has 1 aliphatic rings. The van der Waals surface area contributed by atoms with Gasteiger partial charge in [-0.05, 0) is 24.5 Å². The number of aromatic amines is 1. The number of nitrogens with zero attached hydrogens (tertiary/aromatic N) is 4. The van der Waals surface area contributed by atoms with E-state index >= 15 is 0 Å². The van der Waals surface area contributed by atoms with Gasteiger partial charge in [0.25, 0.3) is 0 Å². The lowest BCUT2D eigenvalue weighted by atomic mass is 9.91. The van der Waals surface area contributed by atoms with Crippen molar-refractivity contribution in [2.45, 2.75) is 25.8 Å². The molecule has 6 nitrogen and oxygen atoms in total. The van der Waals surface area contributed by atoms with Crippen LogP contribution < -0.4 is 4.90 Å². The summed E-state index contributed by atoms with van der Waals surface area (Å²) in [7, 11) is 2.07. The SMILES string of the molecule is C[C@@H]1CCN(C(=O)CC#N)CC1N(C)c1ccnc2[nH]ccc12. The van der Waals surface area contributed by atoms with E-state index in [-0.39, 0.29) is 18.4 Å². The first-order valence-corrected chi connectivity index (χ1v) is 7.91. The molecular weight excluding hydrogens is 290 g/mol. The largest absolute Gasteiger partial charge is 0.369 e. The number of nitrogens with one attached hydrogen (secondary N) is 1. The van der Waals surface area contributed by atoms with Crippen molar-refractivity contribution in [2.75, 3.05) is 25.0 Å². The van der Waals surface area contributed by atoms with Crippen LogP contribution in [0.25, 0.3) is 11.0 Å². The van der Waals surface area contributed by atoms with E-state index in [0.29, 0.717) is 12.5 Å². The second-order valence-electron chi connectivity index (χ2n) is 6.19. The molecule has 0 aliphatic carbocycles. The predicted octanol–water partition coefficient (Wildman–Crippen LogP) is 2.15. The maximum atomic E-state index is 12.1. The number of rotatable bonds is 3. The van der Waals surface area contributed by atoms with Gasteiger partial charge in [-0.1, -0.05) is 6.92 Å². The second-order valence-corrected chi connectivity index (χ2v) is 6.19. The van der Waals surface area contributed by atoms with Crippen molar-refractivity contribution in [2.24, 2.45) is 5.92 Å². The molecule has 0 radical (unpaired) electrons. The van der Waals surface area contributed by atoms with E-state index in [4.69, 9.17) is 5.26 Å². The third-order valence-electron chi connectivity index (χ3n) is 4.82. The van der Waals surface area contributed by atoms with Crippen LogP contribution in [0.15, 0.2) is 24.5 Å². The number of nitriles is 1. The van der Waals surface area contributed by atoms with Gasteiger partial charge in [0.1, 0.15) is 12.1 Å². The average molecular weight is 311 g/mol. The summed E-state index contributed by atoms with van der Waals surface area (Å²) >= 11 is 0. The number of hydrogen-bond acceptors (Lipinski definition) is 4. The molecule has 1 unspecified atom stereocenters. The molecule has 1 N–H and O–H groups in total. The number of H-pyrrole nitrogens is 1. The number of likely N-dealkylation sites (N-methyl/N-ethyl adjacent to an activating group) is 1. The van der Waals surface area contributed by atoms with Crippen molar-refractivity contribution in [3.8, 4) is 6.07 Å². The van der Waals surface area contributed by atoms with E-state index in [0.717, 1.165) is 29.7 Å². The molecule has 2 atom stereocenters. The lowest BCUT2D eigenvalue weighted by molar-refractivity contribution is -0.131. The molecule has 1 aliphatic heterocycles. The summed E-state index contributed by atoms with van der Waals surface area (Å²) in [5.74, 6) is 0.410. The molecule has 23 heavy (non-hydrogen) atoms. The summed E-state index contributed by atoms with van der Waals surface area (Å²) in [6.45, 7) is 3.62. The monoisotopic (exact) mass is 311 g/mol.